The van der Waals surface area contributed by atoms with E-state index < -0.39 is 29.5 Å². The summed E-state index contributed by atoms with van der Waals surface area (Å²) in [6.07, 6.45) is 1.24. The van der Waals surface area contributed by atoms with Crippen molar-refractivity contribution in [3.63, 3.8) is 0 Å². The quantitative estimate of drug-likeness (QED) is 0.272. The molecule has 2 aromatic heterocycles. The number of nitrogens with one attached hydrogen (secondary N) is 1. The molecule has 222 valence electrons. The summed E-state index contributed by atoms with van der Waals surface area (Å²) in [6, 6.07) is 13.0. The normalized spacial score (nSPS) is 17.3. The number of anilines is 1. The molecule has 5 rings (SSSR count). The summed E-state index contributed by atoms with van der Waals surface area (Å²) < 4.78 is 11.7. The number of benzene rings is 2. The summed E-state index contributed by atoms with van der Waals surface area (Å²) in [5.74, 6) is -0.0145. The van der Waals surface area contributed by atoms with Crippen LogP contribution in [0.15, 0.2) is 54.0 Å². The van der Waals surface area contributed by atoms with Gasteiger partial charge in [-0.1, -0.05) is 44.5 Å². The minimum absolute atomic E-state index is 0.139. The Labute approximate surface area is 258 Å². The maximum atomic E-state index is 14.1. The summed E-state index contributed by atoms with van der Waals surface area (Å²) in [6.45, 7) is 5.95. The van der Waals surface area contributed by atoms with E-state index in [2.05, 4.69) is 21.4 Å². The fraction of sp³-hybridized carbons (Fsp3) is 0.323. The summed E-state index contributed by atoms with van der Waals surface area (Å²) in [4.78, 5) is 37.3. The number of likely N-dealkylation sites (tertiary alicyclic amines) is 1. The number of pyridine rings is 1. The highest BCUT2D eigenvalue weighted by atomic mass is 35.5. The number of amides is 2. The van der Waals surface area contributed by atoms with Crippen LogP contribution in [0.5, 0.6) is 11.6 Å². The van der Waals surface area contributed by atoms with Crippen LogP contribution in [0.3, 0.4) is 0 Å². The Morgan fingerprint density at radius 1 is 1.23 bits per heavy atom. The molecule has 0 saturated carbocycles. The number of hydrogen-bond acceptors (Lipinski definition) is 9. The van der Waals surface area contributed by atoms with Gasteiger partial charge >= 0.3 is 0 Å². The summed E-state index contributed by atoms with van der Waals surface area (Å²) in [5, 5.41) is 16.9. The average molecular weight is 619 g/mol. The molecule has 2 amide bonds. The molecule has 0 unspecified atom stereocenters. The molecular formula is C31H31ClN6O4S. The van der Waals surface area contributed by atoms with Crippen molar-refractivity contribution in [1.82, 2.24) is 14.9 Å². The topological polar surface area (TPSA) is 143 Å². The number of carbonyl (C=O) groups is 2. The largest absolute Gasteiger partial charge is 0.494 e. The number of nitriles is 1. The number of thiazole rings is 1. The molecule has 4 aromatic rings. The fourth-order valence-corrected chi connectivity index (χ4v) is 6.05. The lowest BCUT2D eigenvalue weighted by Gasteiger charge is -2.34. The summed E-state index contributed by atoms with van der Waals surface area (Å²) >= 11 is 7.62. The lowest BCUT2D eigenvalue weighted by molar-refractivity contribution is -0.139. The van der Waals surface area contributed by atoms with Crippen molar-refractivity contribution >= 4 is 50.7 Å². The molecule has 43 heavy (non-hydrogen) atoms. The van der Waals surface area contributed by atoms with Crippen molar-refractivity contribution in [2.45, 2.75) is 45.4 Å². The molecule has 10 nitrogen and oxygen atoms in total. The summed E-state index contributed by atoms with van der Waals surface area (Å²) in [5.41, 5.74) is 7.27. The van der Waals surface area contributed by atoms with Gasteiger partial charge in [-0.15, -0.1) is 11.3 Å². The SMILES string of the molecule is COc1cnc(O[C@@H]2C[C@@H](C(N)=O)N(C(=O)[C@@H](Nc3nc(-c4cccc(C#N)c4)cs3)C(C)(C)C)C2)c2cc(Cl)ccc12. The van der Waals surface area contributed by atoms with Gasteiger partial charge in [0.2, 0.25) is 17.7 Å². The van der Waals surface area contributed by atoms with Crippen LogP contribution in [0.25, 0.3) is 22.0 Å². The lowest BCUT2D eigenvalue weighted by Crippen LogP contribution is -2.53. The molecule has 1 aliphatic heterocycles. The zero-order valence-corrected chi connectivity index (χ0v) is 25.7. The van der Waals surface area contributed by atoms with Crippen molar-refractivity contribution in [3.8, 4) is 29.0 Å². The number of rotatable bonds is 8. The van der Waals surface area contributed by atoms with Crippen molar-refractivity contribution in [2.75, 3.05) is 19.0 Å². The van der Waals surface area contributed by atoms with Crippen LogP contribution < -0.4 is 20.5 Å². The van der Waals surface area contributed by atoms with Gasteiger partial charge in [-0.2, -0.15) is 5.26 Å². The molecule has 1 saturated heterocycles. The second kappa shape index (κ2) is 12.1. The Hall–Kier alpha value is -4.40. The van der Waals surface area contributed by atoms with Gasteiger partial charge in [0.15, 0.2) is 5.13 Å². The van der Waals surface area contributed by atoms with Gasteiger partial charge < -0.3 is 25.4 Å². The van der Waals surface area contributed by atoms with Crippen molar-refractivity contribution in [1.29, 1.82) is 5.26 Å². The van der Waals surface area contributed by atoms with E-state index in [0.717, 1.165) is 10.9 Å². The molecular weight excluding hydrogens is 588 g/mol. The highest BCUT2D eigenvalue weighted by molar-refractivity contribution is 7.14. The fourth-order valence-electron chi connectivity index (χ4n) is 5.13. The second-order valence-electron chi connectivity index (χ2n) is 11.4. The van der Waals surface area contributed by atoms with Gasteiger partial charge in [0.25, 0.3) is 0 Å². The number of ether oxygens (including phenoxy) is 2. The molecule has 3 atom stereocenters. The Morgan fingerprint density at radius 3 is 2.72 bits per heavy atom. The first-order chi connectivity index (χ1) is 20.5. The highest BCUT2D eigenvalue weighted by Crippen LogP contribution is 2.36. The maximum Gasteiger partial charge on any atom is 0.246 e. The minimum atomic E-state index is -0.863. The Morgan fingerprint density at radius 2 is 2.02 bits per heavy atom. The first kappa shape index (κ1) is 30.1. The predicted octanol–water partition coefficient (Wildman–Crippen LogP) is 5.25. The van der Waals surface area contributed by atoms with Crippen LogP contribution in [0.1, 0.15) is 32.8 Å². The molecule has 12 heteroatoms. The number of aromatic nitrogens is 2. The molecule has 1 aliphatic rings. The zero-order chi connectivity index (χ0) is 30.9. The number of fused-ring (bicyclic) bond motifs is 1. The number of nitrogens with zero attached hydrogens (tertiary/aromatic N) is 4. The molecule has 0 aliphatic carbocycles. The van der Waals surface area contributed by atoms with Crippen molar-refractivity contribution < 1.29 is 19.1 Å². The van der Waals surface area contributed by atoms with Gasteiger partial charge in [-0.25, -0.2) is 9.97 Å². The molecule has 3 N–H and O–H groups in total. The van der Waals surface area contributed by atoms with E-state index in [1.165, 1.54) is 16.2 Å². The van der Waals surface area contributed by atoms with Gasteiger partial charge in [-0.3, -0.25) is 9.59 Å². The van der Waals surface area contributed by atoms with Crippen LogP contribution in [0.4, 0.5) is 5.13 Å². The van der Waals surface area contributed by atoms with Gasteiger partial charge in [-0.05, 0) is 35.7 Å². The van der Waals surface area contributed by atoms with Gasteiger partial charge in [0.05, 0.1) is 37.2 Å². The molecule has 1 fully saturated rings. The smallest absolute Gasteiger partial charge is 0.246 e. The third kappa shape index (κ3) is 6.35. The number of primary amides is 1. The molecule has 0 radical (unpaired) electrons. The van der Waals surface area contributed by atoms with Crippen LogP contribution in [0, 0.1) is 16.7 Å². The third-order valence-electron chi connectivity index (χ3n) is 7.32. The number of methoxy groups -OCH3 is 1. The highest BCUT2D eigenvalue weighted by Gasteiger charge is 2.45. The minimum Gasteiger partial charge on any atom is -0.494 e. The van der Waals surface area contributed by atoms with Crippen LogP contribution in [-0.4, -0.2) is 58.5 Å². The molecule has 2 aromatic carbocycles. The average Bonchev–Trinajstić information content (AvgIpc) is 3.63. The standard InChI is InChI=1S/C31H31ClN6O4S/c1-31(2,3)26(37-30-36-23(16-43-30)18-7-5-6-17(10-18)13-33)29(40)38-15-20(12-24(38)27(34)39)42-28-22-11-19(32)8-9-21(22)25(41-4)14-35-28/h5-11,14,16,20,24,26H,12,15H2,1-4H3,(H2,34,39)(H,36,37)/t20-,24+,26-/m1/s1. The molecule has 3 heterocycles. The Kier molecular flexibility index (Phi) is 8.44. The van der Waals surface area contributed by atoms with Crippen LogP contribution in [0.2, 0.25) is 5.02 Å². The van der Waals surface area contributed by atoms with Crippen molar-refractivity contribution in [2.24, 2.45) is 11.1 Å². The van der Waals surface area contributed by atoms with Gasteiger partial charge in [0.1, 0.15) is 23.9 Å². The predicted molar refractivity (Wildman–Crippen MR) is 166 cm³/mol. The van der Waals surface area contributed by atoms with E-state index >= 15 is 0 Å². The van der Waals surface area contributed by atoms with E-state index in [-0.39, 0.29) is 18.9 Å². The lowest BCUT2D eigenvalue weighted by atomic mass is 9.85. The van der Waals surface area contributed by atoms with E-state index in [9.17, 15) is 14.9 Å². The van der Waals surface area contributed by atoms with E-state index in [0.29, 0.717) is 38.4 Å². The number of nitrogens with two attached hydrogens (primary N) is 1. The van der Waals surface area contributed by atoms with Crippen LogP contribution >= 0.6 is 22.9 Å². The Balaban J connectivity index is 1.38. The number of carbonyl (C=O) groups excluding carboxylic acids is 2. The van der Waals surface area contributed by atoms with E-state index in [1.807, 2.05) is 38.3 Å². The first-order valence-corrected chi connectivity index (χ1v) is 14.9. The Bertz CT molecular complexity index is 1730. The van der Waals surface area contributed by atoms with E-state index in [1.54, 1.807) is 43.6 Å². The van der Waals surface area contributed by atoms with E-state index in [4.69, 9.17) is 26.8 Å². The monoisotopic (exact) mass is 618 g/mol. The number of halogens is 1. The number of hydrogen-bond donors (Lipinski definition) is 2. The van der Waals surface area contributed by atoms with Gasteiger partial charge in [0, 0.05) is 33.2 Å². The molecule has 0 spiro atoms. The molecule has 0 bridgehead atoms. The third-order valence-corrected chi connectivity index (χ3v) is 8.33. The summed E-state index contributed by atoms with van der Waals surface area (Å²) in [7, 11) is 1.56. The van der Waals surface area contributed by atoms with Crippen molar-refractivity contribution in [3.05, 3.63) is 64.6 Å². The second-order valence-corrected chi connectivity index (χ2v) is 12.7. The van der Waals surface area contributed by atoms with Crippen LogP contribution in [-0.2, 0) is 9.59 Å². The first-order valence-electron chi connectivity index (χ1n) is 13.6. The zero-order valence-electron chi connectivity index (χ0n) is 24.1. The maximum absolute atomic E-state index is 14.1.